The predicted molar refractivity (Wildman–Crippen MR) is 39.6 cm³/mol. The molecule has 0 aromatic rings. The Labute approximate surface area is 69.9 Å². The van der Waals surface area contributed by atoms with Gasteiger partial charge in [0.25, 0.3) is 0 Å². The number of hydrazine groups is 1. The molecule has 0 amide bonds. The van der Waals surface area contributed by atoms with Gasteiger partial charge in [-0.05, 0) is 13.5 Å². The van der Waals surface area contributed by atoms with E-state index in [1.54, 1.807) is 0 Å². The van der Waals surface area contributed by atoms with E-state index >= 15 is 0 Å². The second-order valence-corrected chi connectivity index (χ2v) is 1.90. The summed E-state index contributed by atoms with van der Waals surface area (Å²) in [6, 6.07) is -1.45. The Bertz CT molecular complexity index is 96.2. The molecule has 0 rings (SSSR count). The zero-order valence-electron chi connectivity index (χ0n) is 6.33. The van der Waals surface area contributed by atoms with Gasteiger partial charge < -0.3 is 0 Å². The molecule has 0 saturated heterocycles. The van der Waals surface area contributed by atoms with Crippen LogP contribution >= 0.6 is 12.4 Å². The van der Waals surface area contributed by atoms with Gasteiger partial charge in [0.15, 0.2) is 0 Å². The van der Waals surface area contributed by atoms with Gasteiger partial charge in [-0.2, -0.15) is 13.2 Å². The van der Waals surface area contributed by atoms with E-state index in [0.29, 0.717) is 0 Å². The van der Waals surface area contributed by atoms with Gasteiger partial charge in [0, 0.05) is 0 Å². The van der Waals surface area contributed by atoms with Crippen molar-refractivity contribution in [3.63, 3.8) is 0 Å². The fourth-order valence-corrected chi connectivity index (χ4v) is 0.590. The van der Waals surface area contributed by atoms with Crippen molar-refractivity contribution in [2.24, 2.45) is 0 Å². The minimum absolute atomic E-state index is 0. The van der Waals surface area contributed by atoms with E-state index in [1.807, 2.05) is 0 Å². The van der Waals surface area contributed by atoms with Gasteiger partial charge in [-0.25, -0.2) is 5.43 Å². The van der Waals surface area contributed by atoms with Crippen molar-refractivity contribution in [2.75, 3.05) is 7.05 Å². The van der Waals surface area contributed by atoms with E-state index in [0.717, 1.165) is 0 Å². The van der Waals surface area contributed by atoms with E-state index in [-0.39, 0.29) is 18.8 Å². The Balaban J connectivity index is 0. The van der Waals surface area contributed by atoms with Gasteiger partial charge in [0.2, 0.25) is 0 Å². The number of alkyl halides is 3. The fraction of sp³-hybridized carbons (Fsp3) is 1.00. The minimum Gasteiger partial charge on any atom is -0.260 e. The third-order valence-electron chi connectivity index (χ3n) is 1.12. The largest absolute Gasteiger partial charge is 0.405 e. The Kier molecular flexibility index (Phi) is 6.94. The Hall–Kier alpha value is -0.0000000000000000555. The molecule has 0 radical (unpaired) electrons. The van der Waals surface area contributed by atoms with E-state index < -0.39 is 12.2 Å². The maximum Gasteiger partial charge on any atom is 0.405 e. The number of rotatable bonds is 3. The van der Waals surface area contributed by atoms with Gasteiger partial charge >= 0.3 is 6.18 Å². The van der Waals surface area contributed by atoms with E-state index in [9.17, 15) is 13.2 Å². The summed E-state index contributed by atoms with van der Waals surface area (Å²) in [5.74, 6) is 0. The quantitative estimate of drug-likeness (QED) is 0.662. The molecule has 1 atom stereocenters. The van der Waals surface area contributed by atoms with Gasteiger partial charge in [0.1, 0.15) is 6.04 Å². The van der Waals surface area contributed by atoms with E-state index in [2.05, 4.69) is 10.9 Å². The lowest BCUT2D eigenvalue weighted by atomic mass is 10.2. The molecule has 0 heterocycles. The molecule has 0 aliphatic rings. The molecule has 0 saturated carbocycles. The first-order valence-electron chi connectivity index (χ1n) is 3.01. The maximum absolute atomic E-state index is 11.8. The van der Waals surface area contributed by atoms with Crippen LogP contribution in [0.1, 0.15) is 13.3 Å². The van der Waals surface area contributed by atoms with E-state index in [4.69, 9.17) is 0 Å². The van der Waals surface area contributed by atoms with Crippen LogP contribution in [0, 0.1) is 0 Å². The topological polar surface area (TPSA) is 24.1 Å². The van der Waals surface area contributed by atoms with Gasteiger partial charge in [0.05, 0.1) is 0 Å². The van der Waals surface area contributed by atoms with E-state index in [1.165, 1.54) is 14.0 Å². The minimum atomic E-state index is -4.16. The SMILES string of the molecule is CCC(NNC)C(F)(F)F.Cl. The lowest BCUT2D eigenvalue weighted by Gasteiger charge is -2.18. The highest BCUT2D eigenvalue weighted by atomic mass is 35.5. The fourth-order valence-electron chi connectivity index (χ4n) is 0.590. The zero-order valence-corrected chi connectivity index (χ0v) is 7.14. The molecule has 0 aromatic heterocycles. The monoisotopic (exact) mass is 192 g/mol. The molecule has 0 aliphatic heterocycles. The summed E-state index contributed by atoms with van der Waals surface area (Å²) in [7, 11) is 1.41. The molecule has 70 valence electrons. The lowest BCUT2D eigenvalue weighted by molar-refractivity contribution is -0.158. The first kappa shape index (κ1) is 13.6. The molecule has 1 unspecified atom stereocenters. The molecular formula is C5H12ClF3N2. The van der Waals surface area contributed by atoms with Gasteiger partial charge in [-0.3, -0.25) is 5.43 Å². The first-order valence-corrected chi connectivity index (χ1v) is 3.01. The van der Waals surface area contributed by atoms with Gasteiger partial charge in [-0.1, -0.05) is 6.92 Å². The van der Waals surface area contributed by atoms with Crippen LogP contribution in [0.2, 0.25) is 0 Å². The molecule has 0 spiro atoms. The van der Waals surface area contributed by atoms with Crippen molar-refractivity contribution in [2.45, 2.75) is 25.6 Å². The molecule has 6 heteroatoms. The molecule has 0 aromatic carbocycles. The van der Waals surface area contributed by atoms with Crippen molar-refractivity contribution >= 4 is 12.4 Å². The van der Waals surface area contributed by atoms with Crippen LogP contribution in [0.4, 0.5) is 13.2 Å². The van der Waals surface area contributed by atoms with Crippen molar-refractivity contribution < 1.29 is 13.2 Å². The number of hydrogen-bond donors (Lipinski definition) is 2. The standard InChI is InChI=1S/C5H11F3N2.ClH/c1-3-4(10-9-2)5(6,7)8;/h4,9-10H,3H2,1-2H3;1H. The van der Waals surface area contributed by atoms with Crippen LogP contribution in [-0.2, 0) is 0 Å². The summed E-state index contributed by atoms with van der Waals surface area (Å²) in [6.07, 6.45) is -4.12. The van der Waals surface area contributed by atoms with Crippen LogP contribution < -0.4 is 10.9 Å². The van der Waals surface area contributed by atoms with Crippen LogP contribution in [0.5, 0.6) is 0 Å². The van der Waals surface area contributed by atoms with Crippen LogP contribution in [0.15, 0.2) is 0 Å². The lowest BCUT2D eigenvalue weighted by Crippen LogP contribution is -2.47. The van der Waals surface area contributed by atoms with Crippen molar-refractivity contribution in [1.82, 2.24) is 10.9 Å². The molecular weight excluding hydrogens is 181 g/mol. The average Bonchev–Trinajstić information content (AvgIpc) is 1.80. The highest BCUT2D eigenvalue weighted by molar-refractivity contribution is 5.85. The Morgan fingerprint density at radius 1 is 1.36 bits per heavy atom. The Morgan fingerprint density at radius 2 is 1.82 bits per heavy atom. The highest BCUT2D eigenvalue weighted by Gasteiger charge is 2.37. The normalized spacial score (nSPS) is 13.9. The maximum atomic E-state index is 11.8. The summed E-state index contributed by atoms with van der Waals surface area (Å²) in [4.78, 5) is 0. The molecule has 0 bridgehead atoms. The molecule has 2 nitrogen and oxygen atoms in total. The summed E-state index contributed by atoms with van der Waals surface area (Å²) >= 11 is 0. The van der Waals surface area contributed by atoms with Crippen molar-refractivity contribution in [3.05, 3.63) is 0 Å². The third-order valence-corrected chi connectivity index (χ3v) is 1.12. The summed E-state index contributed by atoms with van der Waals surface area (Å²) in [5.41, 5.74) is 4.35. The smallest absolute Gasteiger partial charge is 0.260 e. The number of halogens is 4. The summed E-state index contributed by atoms with van der Waals surface area (Å²) < 4.78 is 35.4. The summed E-state index contributed by atoms with van der Waals surface area (Å²) in [6.45, 7) is 1.47. The summed E-state index contributed by atoms with van der Waals surface area (Å²) in [5, 5.41) is 0. The molecule has 0 fully saturated rings. The molecule has 2 N–H and O–H groups in total. The predicted octanol–water partition coefficient (Wildman–Crippen LogP) is 1.47. The highest BCUT2D eigenvalue weighted by Crippen LogP contribution is 2.21. The molecule has 11 heavy (non-hydrogen) atoms. The van der Waals surface area contributed by atoms with Gasteiger partial charge in [-0.15, -0.1) is 12.4 Å². The third kappa shape index (κ3) is 5.29. The van der Waals surface area contributed by atoms with Crippen molar-refractivity contribution in [3.8, 4) is 0 Å². The Morgan fingerprint density at radius 3 is 1.91 bits per heavy atom. The zero-order chi connectivity index (χ0) is 8.20. The number of hydrogen-bond acceptors (Lipinski definition) is 2. The second kappa shape index (κ2) is 5.62. The first-order chi connectivity index (χ1) is 4.52. The van der Waals surface area contributed by atoms with Crippen molar-refractivity contribution in [1.29, 1.82) is 0 Å². The average molecular weight is 193 g/mol. The second-order valence-electron chi connectivity index (χ2n) is 1.90. The van der Waals surface area contributed by atoms with Crippen LogP contribution in [0.3, 0.4) is 0 Å². The van der Waals surface area contributed by atoms with Crippen LogP contribution in [0.25, 0.3) is 0 Å². The van der Waals surface area contributed by atoms with Crippen LogP contribution in [-0.4, -0.2) is 19.3 Å². The number of nitrogens with one attached hydrogen (secondary N) is 2. The molecule has 0 aliphatic carbocycles.